The van der Waals surface area contributed by atoms with Crippen LogP contribution >= 0.6 is 0 Å². The Hall–Kier alpha value is -8.34. The highest BCUT2D eigenvalue weighted by Gasteiger charge is 2.23. The predicted molar refractivity (Wildman–Crippen MR) is 271 cm³/mol. The molecule has 21 heteroatoms. The highest BCUT2D eigenvalue weighted by Crippen LogP contribution is 2.34. The highest BCUT2D eigenvalue weighted by molar-refractivity contribution is 6.12. The molecule has 0 spiro atoms. The number of carboxylic acid groups (broad SMARTS) is 2. The summed E-state index contributed by atoms with van der Waals surface area (Å²) in [5.74, 6) is -5.42. The van der Waals surface area contributed by atoms with Crippen molar-refractivity contribution in [2.45, 2.75) is 12.8 Å². The summed E-state index contributed by atoms with van der Waals surface area (Å²) >= 11 is 0. The fraction of sp³-hybridized carbons (Fsp3) is 0.259. The summed E-state index contributed by atoms with van der Waals surface area (Å²) in [5.41, 5.74) is 3.83. The Morgan fingerprint density at radius 3 is 1.17 bits per heavy atom. The molecule has 8 rings (SSSR count). The number of aromatic carboxylic acids is 2. The van der Waals surface area contributed by atoms with Crippen LogP contribution in [0.25, 0.3) is 67.1 Å². The summed E-state index contributed by atoms with van der Waals surface area (Å²) in [6, 6.07) is 28.9. The third kappa shape index (κ3) is 13.6. The molecule has 19 nitrogen and oxygen atoms in total. The Morgan fingerprint density at radius 2 is 0.813 bits per heavy atom. The van der Waals surface area contributed by atoms with Gasteiger partial charge < -0.3 is 44.5 Å². The molecule has 0 fully saturated rings. The van der Waals surface area contributed by atoms with Gasteiger partial charge in [0.2, 0.25) is 0 Å². The van der Waals surface area contributed by atoms with Gasteiger partial charge in [0.15, 0.2) is 11.3 Å². The van der Waals surface area contributed by atoms with Crippen LogP contribution in [0.5, 0.6) is 0 Å². The molecule has 2 amide bonds. The van der Waals surface area contributed by atoms with Crippen LogP contribution in [0.4, 0.5) is 8.78 Å². The van der Waals surface area contributed by atoms with Gasteiger partial charge in [-0.3, -0.25) is 19.8 Å². The zero-order valence-corrected chi connectivity index (χ0v) is 40.4. The van der Waals surface area contributed by atoms with Crippen LogP contribution in [0.3, 0.4) is 0 Å². The number of hydrogen-bond donors (Lipinski definition) is 6. The van der Waals surface area contributed by atoms with E-state index in [0.29, 0.717) is 137 Å². The number of carboxylic acids is 2. The van der Waals surface area contributed by atoms with Crippen LogP contribution in [0.2, 0.25) is 0 Å². The number of carbonyl (C=O) groups is 4. The lowest BCUT2D eigenvalue weighted by atomic mass is 10.0. The maximum atomic E-state index is 14.2. The van der Waals surface area contributed by atoms with Crippen LogP contribution < -0.4 is 10.6 Å². The topological polar surface area (TPSA) is 262 Å². The van der Waals surface area contributed by atoms with E-state index in [-0.39, 0.29) is 22.5 Å². The van der Waals surface area contributed by atoms with E-state index in [9.17, 15) is 38.2 Å². The van der Waals surface area contributed by atoms with Crippen LogP contribution in [0, 0.1) is 11.6 Å². The molecule has 0 radical (unpaired) electrons. The number of pyridine rings is 2. The molecule has 0 aliphatic rings. The minimum Gasteiger partial charge on any atom is -0.478 e. The number of aromatic nitrogens is 6. The number of hydrogen-bond acceptors (Lipinski definition) is 13. The van der Waals surface area contributed by atoms with Crippen molar-refractivity contribution in [1.82, 2.24) is 41.0 Å². The summed E-state index contributed by atoms with van der Waals surface area (Å²) in [5, 5.41) is 40.4. The third-order valence-electron chi connectivity index (χ3n) is 11.6. The number of rotatable bonds is 28. The zero-order valence-electron chi connectivity index (χ0n) is 40.4. The lowest BCUT2D eigenvalue weighted by molar-refractivity contribution is -0.0112. The standard InChI is InChI=1S/C54H52F2N8O11/c55-41-15-13-35(29-37(41)53(67)68)43-31-39(45-47(61-63-49(45)59-43)33-9-3-1-4-10-33)51(65)57-17-7-19-71-21-23-73-25-27-75-28-26-74-24-22-72-20-8-18-58-52(66)40-32-44(36-14-16-42(56)38(30-36)54(69)70)60-50-46(40)48(62-64-50)34-11-5-2-6-12-34/h1-6,9-16,29-32H,7-8,17-28H2,(H,57,65)(H,58,66)(H,67,68)(H,69,70)(H,59,61,63)(H,60,62,64). The van der Waals surface area contributed by atoms with Crippen LogP contribution in [-0.4, -0.2) is 143 Å². The molecule has 0 saturated heterocycles. The van der Waals surface area contributed by atoms with Crippen molar-refractivity contribution < 1.29 is 61.9 Å². The first-order valence-electron chi connectivity index (χ1n) is 24.0. The first-order chi connectivity index (χ1) is 36.6. The Labute approximate surface area is 427 Å². The number of amides is 2. The van der Waals surface area contributed by atoms with Gasteiger partial charge >= 0.3 is 11.9 Å². The molecule has 4 aromatic carbocycles. The molecule has 0 aliphatic heterocycles. The van der Waals surface area contributed by atoms with Gasteiger partial charge in [0, 0.05) is 48.6 Å². The molecule has 388 valence electrons. The Balaban J connectivity index is 0.677. The number of nitrogens with zero attached hydrogens (tertiary/aromatic N) is 4. The summed E-state index contributed by atoms with van der Waals surface area (Å²) < 4.78 is 56.5. The lowest BCUT2D eigenvalue weighted by Gasteiger charge is -2.11. The maximum absolute atomic E-state index is 14.2. The summed E-state index contributed by atoms with van der Waals surface area (Å²) in [4.78, 5) is 59.8. The highest BCUT2D eigenvalue weighted by atomic mass is 19.1. The maximum Gasteiger partial charge on any atom is 0.338 e. The number of aromatic amines is 2. The first-order valence-corrected chi connectivity index (χ1v) is 24.0. The van der Waals surface area contributed by atoms with Gasteiger partial charge in [-0.05, 0) is 61.4 Å². The number of nitrogens with one attached hydrogen (secondary N) is 4. The smallest absolute Gasteiger partial charge is 0.338 e. The molecule has 0 aliphatic carbocycles. The van der Waals surface area contributed by atoms with Crippen molar-refractivity contribution in [2.24, 2.45) is 0 Å². The van der Waals surface area contributed by atoms with E-state index >= 15 is 0 Å². The van der Waals surface area contributed by atoms with E-state index in [2.05, 4.69) is 41.0 Å². The number of H-pyrrole nitrogens is 2. The SMILES string of the molecule is O=C(O)c1cc(-c2cc(C(=O)NCCCOCCOCCOCCOCCOCCCNC(=O)c3cc(-c4ccc(F)c(C(=O)O)c4)nc4[nH]nc(-c5ccccc5)c34)c3c(-c4ccccc4)n[nH]c3n2)ccc1F. The summed E-state index contributed by atoms with van der Waals surface area (Å²) in [6.07, 6.45) is 1.03. The lowest BCUT2D eigenvalue weighted by Crippen LogP contribution is -2.26. The van der Waals surface area contributed by atoms with Crippen molar-refractivity contribution in [3.05, 3.63) is 143 Å². The molecule has 4 aromatic heterocycles. The minimum atomic E-state index is -1.42. The Morgan fingerprint density at radius 1 is 0.453 bits per heavy atom. The normalized spacial score (nSPS) is 11.3. The van der Waals surface area contributed by atoms with E-state index in [1.807, 2.05) is 60.7 Å². The molecule has 6 N–H and O–H groups in total. The molecule has 8 aromatic rings. The average Bonchev–Trinajstić information content (AvgIpc) is 4.07. The van der Waals surface area contributed by atoms with Crippen molar-refractivity contribution in [3.8, 4) is 45.0 Å². The van der Waals surface area contributed by atoms with Gasteiger partial charge in [-0.15, -0.1) is 0 Å². The van der Waals surface area contributed by atoms with E-state index in [0.717, 1.165) is 23.3 Å². The van der Waals surface area contributed by atoms with Crippen LogP contribution in [0.15, 0.2) is 109 Å². The monoisotopic (exact) mass is 1030 g/mol. The summed E-state index contributed by atoms with van der Waals surface area (Å²) in [7, 11) is 0. The molecule has 4 heterocycles. The average molecular weight is 1030 g/mol. The van der Waals surface area contributed by atoms with Gasteiger partial charge in [0.1, 0.15) is 23.0 Å². The number of ether oxygens (including phenoxy) is 5. The second-order valence-electron chi connectivity index (χ2n) is 16.7. The fourth-order valence-electron chi connectivity index (χ4n) is 7.95. The first kappa shape index (κ1) is 53.0. The molecule has 0 atom stereocenters. The van der Waals surface area contributed by atoms with Gasteiger partial charge in [0.25, 0.3) is 11.8 Å². The summed E-state index contributed by atoms with van der Waals surface area (Å²) in [6.45, 7) is 4.17. The van der Waals surface area contributed by atoms with Crippen LogP contribution in [0.1, 0.15) is 54.3 Å². The second-order valence-corrected chi connectivity index (χ2v) is 16.7. The van der Waals surface area contributed by atoms with Crippen molar-refractivity contribution >= 4 is 45.8 Å². The number of fused-ring (bicyclic) bond motifs is 2. The number of halogens is 2. The van der Waals surface area contributed by atoms with E-state index < -0.39 is 46.5 Å². The molecular weight excluding hydrogens is 975 g/mol. The Bertz CT molecular complexity index is 3050. The molecular formula is C54H52F2N8O11. The zero-order chi connectivity index (χ0) is 52.5. The Kier molecular flexibility index (Phi) is 18.4. The molecule has 75 heavy (non-hydrogen) atoms. The van der Waals surface area contributed by atoms with E-state index in [4.69, 9.17) is 23.7 Å². The predicted octanol–water partition coefficient (Wildman–Crippen LogP) is 7.59. The molecule has 0 bridgehead atoms. The molecule has 0 saturated carbocycles. The quantitative estimate of drug-likeness (QED) is 0.0258. The van der Waals surface area contributed by atoms with E-state index in [1.165, 1.54) is 24.3 Å². The number of benzene rings is 4. The number of carbonyl (C=O) groups excluding carboxylic acids is 2. The third-order valence-corrected chi connectivity index (χ3v) is 11.6. The largest absolute Gasteiger partial charge is 0.478 e. The van der Waals surface area contributed by atoms with Crippen LogP contribution in [-0.2, 0) is 23.7 Å². The van der Waals surface area contributed by atoms with Gasteiger partial charge in [-0.1, -0.05) is 60.7 Å². The van der Waals surface area contributed by atoms with Crippen molar-refractivity contribution in [1.29, 1.82) is 0 Å². The van der Waals surface area contributed by atoms with Crippen molar-refractivity contribution in [2.75, 3.05) is 79.2 Å². The second kappa shape index (κ2) is 26.0. The fourth-order valence-corrected chi connectivity index (χ4v) is 7.95. The minimum absolute atomic E-state index is 0.262. The van der Waals surface area contributed by atoms with Gasteiger partial charge in [-0.25, -0.2) is 28.3 Å². The van der Waals surface area contributed by atoms with Gasteiger partial charge in [0.05, 0.1) is 97.3 Å². The van der Waals surface area contributed by atoms with E-state index in [1.54, 1.807) is 12.1 Å². The molecule has 0 unspecified atom stereocenters. The van der Waals surface area contributed by atoms with Crippen molar-refractivity contribution in [3.63, 3.8) is 0 Å². The van der Waals surface area contributed by atoms with Gasteiger partial charge in [-0.2, -0.15) is 10.2 Å².